The third-order valence-corrected chi connectivity index (χ3v) is 4.56. The Hall–Kier alpha value is -1.46. The minimum absolute atomic E-state index is 0.159. The highest BCUT2D eigenvalue weighted by molar-refractivity contribution is 9.10. The van der Waals surface area contributed by atoms with Crippen LogP contribution in [0, 0.1) is 5.82 Å². The highest BCUT2D eigenvalue weighted by Crippen LogP contribution is 2.19. The smallest absolute Gasteiger partial charge is 0.128 e. The van der Waals surface area contributed by atoms with E-state index in [-0.39, 0.29) is 5.82 Å². The first-order valence-electron chi connectivity index (χ1n) is 7.55. The molecule has 22 heavy (non-hydrogen) atoms. The second kappa shape index (κ2) is 7.20. The minimum Gasteiger partial charge on any atom is -0.357 e. The van der Waals surface area contributed by atoms with Crippen molar-refractivity contribution in [2.45, 2.75) is 25.4 Å². The number of nitrogens with one attached hydrogen (secondary N) is 1. The van der Waals surface area contributed by atoms with E-state index in [4.69, 9.17) is 0 Å². The first-order valence-corrected chi connectivity index (χ1v) is 8.35. The summed E-state index contributed by atoms with van der Waals surface area (Å²) in [4.78, 5) is 6.70. The quantitative estimate of drug-likeness (QED) is 0.896. The van der Waals surface area contributed by atoms with E-state index in [1.54, 1.807) is 0 Å². The molecule has 2 aromatic rings. The van der Waals surface area contributed by atoms with Crippen LogP contribution in [0.5, 0.6) is 0 Å². The van der Waals surface area contributed by atoms with Gasteiger partial charge in [0.05, 0.1) is 0 Å². The summed E-state index contributed by atoms with van der Waals surface area (Å²) in [5.41, 5.74) is 0.718. The molecule has 0 bridgehead atoms. The maximum Gasteiger partial charge on any atom is 0.128 e. The number of benzene rings is 1. The molecule has 0 unspecified atom stereocenters. The Morgan fingerprint density at radius 1 is 1.23 bits per heavy atom. The van der Waals surface area contributed by atoms with Crippen molar-refractivity contribution in [3.05, 3.63) is 58.4 Å². The van der Waals surface area contributed by atoms with Gasteiger partial charge in [0, 0.05) is 41.9 Å². The van der Waals surface area contributed by atoms with Gasteiger partial charge in [-0.05, 0) is 37.1 Å². The summed E-state index contributed by atoms with van der Waals surface area (Å²) in [6.07, 6.45) is 3.93. The van der Waals surface area contributed by atoms with E-state index in [0.29, 0.717) is 12.6 Å². The molecule has 116 valence electrons. The number of halogens is 2. The van der Waals surface area contributed by atoms with Crippen LogP contribution in [0.4, 0.5) is 10.2 Å². The van der Waals surface area contributed by atoms with E-state index in [0.717, 1.165) is 41.8 Å². The van der Waals surface area contributed by atoms with Crippen molar-refractivity contribution < 1.29 is 4.39 Å². The fourth-order valence-corrected chi connectivity index (χ4v) is 3.11. The minimum atomic E-state index is -0.159. The lowest BCUT2D eigenvalue weighted by Gasteiger charge is -2.33. The van der Waals surface area contributed by atoms with Gasteiger partial charge in [0.15, 0.2) is 0 Å². The molecule has 1 saturated heterocycles. The van der Waals surface area contributed by atoms with Gasteiger partial charge >= 0.3 is 0 Å². The Morgan fingerprint density at radius 2 is 2.05 bits per heavy atom. The van der Waals surface area contributed by atoms with Gasteiger partial charge in [0.1, 0.15) is 11.6 Å². The van der Waals surface area contributed by atoms with E-state index in [2.05, 4.69) is 31.1 Å². The SMILES string of the molecule is Fc1cc(Br)ccc1CNC1CCN(c2ccccn2)CC1. The van der Waals surface area contributed by atoms with Gasteiger partial charge in [-0.2, -0.15) is 0 Å². The Morgan fingerprint density at radius 3 is 2.73 bits per heavy atom. The molecule has 1 aromatic carbocycles. The second-order valence-electron chi connectivity index (χ2n) is 5.57. The van der Waals surface area contributed by atoms with Crippen LogP contribution in [-0.4, -0.2) is 24.1 Å². The van der Waals surface area contributed by atoms with E-state index in [1.807, 2.05) is 36.5 Å². The number of piperidine rings is 1. The molecule has 0 spiro atoms. The Labute approximate surface area is 138 Å². The number of rotatable bonds is 4. The van der Waals surface area contributed by atoms with Crippen LogP contribution in [0.1, 0.15) is 18.4 Å². The van der Waals surface area contributed by atoms with Gasteiger partial charge in [0.2, 0.25) is 0 Å². The summed E-state index contributed by atoms with van der Waals surface area (Å²) < 4.78 is 14.6. The van der Waals surface area contributed by atoms with Crippen LogP contribution < -0.4 is 10.2 Å². The van der Waals surface area contributed by atoms with Crippen molar-refractivity contribution in [1.29, 1.82) is 0 Å². The monoisotopic (exact) mass is 363 g/mol. The molecular weight excluding hydrogens is 345 g/mol. The molecular formula is C17H19BrFN3. The van der Waals surface area contributed by atoms with Crippen LogP contribution in [0.2, 0.25) is 0 Å². The number of nitrogens with zero attached hydrogens (tertiary/aromatic N) is 2. The van der Waals surface area contributed by atoms with Crippen molar-refractivity contribution >= 4 is 21.7 Å². The Balaban J connectivity index is 1.50. The fraction of sp³-hybridized carbons (Fsp3) is 0.353. The van der Waals surface area contributed by atoms with E-state index in [9.17, 15) is 4.39 Å². The largest absolute Gasteiger partial charge is 0.357 e. The average Bonchev–Trinajstić information content (AvgIpc) is 2.55. The Kier molecular flexibility index (Phi) is 5.05. The molecule has 0 aliphatic carbocycles. The number of aromatic nitrogens is 1. The lowest BCUT2D eigenvalue weighted by Crippen LogP contribution is -2.42. The maximum atomic E-state index is 13.8. The number of anilines is 1. The van der Waals surface area contributed by atoms with Gasteiger partial charge in [-0.1, -0.05) is 28.1 Å². The zero-order chi connectivity index (χ0) is 15.4. The normalized spacial score (nSPS) is 16.0. The van der Waals surface area contributed by atoms with Gasteiger partial charge in [0.25, 0.3) is 0 Å². The number of pyridine rings is 1. The first-order chi connectivity index (χ1) is 10.7. The highest BCUT2D eigenvalue weighted by Gasteiger charge is 2.19. The van der Waals surface area contributed by atoms with Crippen LogP contribution in [0.15, 0.2) is 47.1 Å². The molecule has 3 nitrogen and oxygen atoms in total. The molecule has 1 aliphatic heterocycles. The van der Waals surface area contributed by atoms with Crippen LogP contribution in [0.3, 0.4) is 0 Å². The van der Waals surface area contributed by atoms with Crippen molar-refractivity contribution in [2.75, 3.05) is 18.0 Å². The van der Waals surface area contributed by atoms with Crippen molar-refractivity contribution in [1.82, 2.24) is 10.3 Å². The fourth-order valence-electron chi connectivity index (χ4n) is 2.77. The molecule has 5 heteroatoms. The molecule has 1 aromatic heterocycles. The average molecular weight is 364 g/mol. The summed E-state index contributed by atoms with van der Waals surface area (Å²) in [7, 11) is 0. The summed E-state index contributed by atoms with van der Waals surface area (Å²) in [5, 5.41) is 3.47. The van der Waals surface area contributed by atoms with Gasteiger partial charge < -0.3 is 10.2 Å². The second-order valence-corrected chi connectivity index (χ2v) is 6.48. The van der Waals surface area contributed by atoms with E-state index >= 15 is 0 Å². The lowest BCUT2D eigenvalue weighted by atomic mass is 10.0. The first kappa shape index (κ1) is 15.4. The summed E-state index contributed by atoms with van der Waals surface area (Å²) in [6, 6.07) is 11.7. The molecule has 0 amide bonds. The van der Waals surface area contributed by atoms with Crippen molar-refractivity contribution in [2.24, 2.45) is 0 Å². The molecule has 0 atom stereocenters. The predicted molar refractivity (Wildman–Crippen MR) is 90.4 cm³/mol. The zero-order valence-electron chi connectivity index (χ0n) is 12.3. The predicted octanol–water partition coefficient (Wildman–Crippen LogP) is 3.74. The lowest BCUT2D eigenvalue weighted by molar-refractivity contribution is 0.409. The molecule has 1 aliphatic rings. The summed E-state index contributed by atoms with van der Waals surface area (Å²) >= 11 is 3.28. The third-order valence-electron chi connectivity index (χ3n) is 4.06. The Bertz CT molecular complexity index is 613. The maximum absolute atomic E-state index is 13.8. The number of hydrogen-bond acceptors (Lipinski definition) is 3. The van der Waals surface area contributed by atoms with Gasteiger partial charge in [-0.15, -0.1) is 0 Å². The van der Waals surface area contributed by atoms with Crippen molar-refractivity contribution in [3.63, 3.8) is 0 Å². The molecule has 0 saturated carbocycles. The molecule has 2 heterocycles. The zero-order valence-corrected chi connectivity index (χ0v) is 13.9. The van der Waals surface area contributed by atoms with E-state index in [1.165, 1.54) is 6.07 Å². The van der Waals surface area contributed by atoms with Gasteiger partial charge in [-0.3, -0.25) is 0 Å². The number of hydrogen-bond donors (Lipinski definition) is 1. The van der Waals surface area contributed by atoms with Crippen LogP contribution >= 0.6 is 15.9 Å². The van der Waals surface area contributed by atoms with Crippen molar-refractivity contribution in [3.8, 4) is 0 Å². The third kappa shape index (κ3) is 3.84. The molecule has 3 rings (SSSR count). The molecule has 1 N–H and O–H groups in total. The van der Waals surface area contributed by atoms with E-state index < -0.39 is 0 Å². The standard InChI is InChI=1S/C17H19BrFN3/c18-14-5-4-13(16(19)11-14)12-21-15-6-9-22(10-7-15)17-3-1-2-8-20-17/h1-5,8,11,15,21H,6-7,9-10,12H2. The highest BCUT2D eigenvalue weighted by atomic mass is 79.9. The summed E-state index contributed by atoms with van der Waals surface area (Å²) in [6.45, 7) is 2.54. The molecule has 1 fully saturated rings. The van der Waals surface area contributed by atoms with Gasteiger partial charge in [-0.25, -0.2) is 9.37 Å². The van der Waals surface area contributed by atoms with Crippen LogP contribution in [-0.2, 0) is 6.54 Å². The molecule has 0 radical (unpaired) electrons. The van der Waals surface area contributed by atoms with Crippen LogP contribution in [0.25, 0.3) is 0 Å². The summed E-state index contributed by atoms with van der Waals surface area (Å²) in [5.74, 6) is 0.882. The topological polar surface area (TPSA) is 28.2 Å².